The van der Waals surface area contributed by atoms with E-state index in [0.29, 0.717) is 31.1 Å². The molecule has 1 amide bonds. The maximum absolute atomic E-state index is 12.9. The van der Waals surface area contributed by atoms with Gasteiger partial charge in [0.15, 0.2) is 0 Å². The number of aliphatic hydroxyl groups excluding tert-OH is 1. The summed E-state index contributed by atoms with van der Waals surface area (Å²) < 4.78 is 16.5. The number of benzene rings is 1. The lowest BCUT2D eigenvalue weighted by molar-refractivity contribution is -0.140. The normalized spacial score (nSPS) is 18.2. The molecule has 1 aromatic carbocycles. The largest absolute Gasteiger partial charge is 0.507 e. The zero-order chi connectivity index (χ0) is 22.5. The molecule has 1 aliphatic rings. The SMILES string of the molecule is CCOc1ccc(Cl)c(/C(O)=C2/C(=O)C(=O)N(CCCOC(C)C)C2c2ccco2)c1. The van der Waals surface area contributed by atoms with Crippen LogP contribution in [-0.2, 0) is 14.3 Å². The molecule has 0 bridgehead atoms. The molecule has 2 heterocycles. The third-order valence-corrected chi connectivity index (χ3v) is 5.18. The van der Waals surface area contributed by atoms with Gasteiger partial charge in [0.05, 0.1) is 29.6 Å². The van der Waals surface area contributed by atoms with Gasteiger partial charge in [-0.15, -0.1) is 0 Å². The molecule has 8 heteroatoms. The smallest absolute Gasteiger partial charge is 0.295 e. The Bertz CT molecular complexity index is 966. The van der Waals surface area contributed by atoms with E-state index in [0.717, 1.165) is 0 Å². The van der Waals surface area contributed by atoms with Crippen molar-refractivity contribution in [3.05, 3.63) is 58.5 Å². The Labute approximate surface area is 186 Å². The number of Topliss-reactive ketones (excluding diaryl/α,β-unsaturated/α-hetero) is 1. The van der Waals surface area contributed by atoms with Gasteiger partial charge in [-0.2, -0.15) is 0 Å². The zero-order valence-corrected chi connectivity index (χ0v) is 18.5. The Morgan fingerprint density at radius 1 is 1.29 bits per heavy atom. The van der Waals surface area contributed by atoms with E-state index in [1.54, 1.807) is 30.3 Å². The number of hydrogen-bond donors (Lipinski definition) is 1. The molecule has 166 valence electrons. The fraction of sp³-hybridized carbons (Fsp3) is 0.391. The average Bonchev–Trinajstić information content (AvgIpc) is 3.34. The minimum atomic E-state index is -0.860. The second-order valence-corrected chi connectivity index (χ2v) is 7.76. The molecule has 1 atom stereocenters. The van der Waals surface area contributed by atoms with Crippen LogP contribution in [0, 0.1) is 0 Å². The summed E-state index contributed by atoms with van der Waals surface area (Å²) in [7, 11) is 0. The van der Waals surface area contributed by atoms with Crippen LogP contribution < -0.4 is 4.74 Å². The molecule has 1 N–H and O–H groups in total. The number of ketones is 1. The monoisotopic (exact) mass is 447 g/mol. The maximum Gasteiger partial charge on any atom is 0.295 e. The molecule has 7 nitrogen and oxygen atoms in total. The first-order chi connectivity index (χ1) is 14.8. The van der Waals surface area contributed by atoms with Crippen molar-refractivity contribution in [1.29, 1.82) is 0 Å². The van der Waals surface area contributed by atoms with E-state index in [2.05, 4.69) is 0 Å². The molecule has 0 radical (unpaired) electrons. The molecule has 0 aliphatic carbocycles. The fourth-order valence-electron chi connectivity index (χ4n) is 3.49. The number of rotatable bonds is 9. The molecule has 1 aliphatic heterocycles. The van der Waals surface area contributed by atoms with E-state index in [9.17, 15) is 14.7 Å². The summed E-state index contributed by atoms with van der Waals surface area (Å²) in [6, 6.07) is 7.26. The van der Waals surface area contributed by atoms with Crippen LogP contribution in [0.2, 0.25) is 5.02 Å². The van der Waals surface area contributed by atoms with Crippen LogP contribution in [0.3, 0.4) is 0 Å². The van der Waals surface area contributed by atoms with E-state index in [4.69, 9.17) is 25.5 Å². The predicted octanol–water partition coefficient (Wildman–Crippen LogP) is 4.57. The second kappa shape index (κ2) is 10.0. The van der Waals surface area contributed by atoms with Gasteiger partial charge in [0, 0.05) is 18.7 Å². The average molecular weight is 448 g/mol. The number of hydrogen-bond acceptors (Lipinski definition) is 6. The Morgan fingerprint density at radius 2 is 2.06 bits per heavy atom. The Kier molecular flexibility index (Phi) is 7.41. The Morgan fingerprint density at radius 3 is 2.71 bits per heavy atom. The topological polar surface area (TPSA) is 89.2 Å². The maximum atomic E-state index is 12.9. The van der Waals surface area contributed by atoms with E-state index < -0.39 is 17.7 Å². The number of nitrogens with zero attached hydrogens (tertiary/aromatic N) is 1. The first-order valence-electron chi connectivity index (χ1n) is 10.2. The van der Waals surface area contributed by atoms with Gasteiger partial charge < -0.3 is 23.9 Å². The van der Waals surface area contributed by atoms with Gasteiger partial charge in [0.1, 0.15) is 23.3 Å². The second-order valence-electron chi connectivity index (χ2n) is 7.36. The first kappa shape index (κ1) is 22.9. The molecule has 0 spiro atoms. The van der Waals surface area contributed by atoms with Crippen molar-refractivity contribution in [2.45, 2.75) is 39.3 Å². The van der Waals surface area contributed by atoms with Crippen LogP contribution in [0.5, 0.6) is 5.75 Å². The van der Waals surface area contributed by atoms with Gasteiger partial charge in [-0.3, -0.25) is 9.59 Å². The van der Waals surface area contributed by atoms with Crippen molar-refractivity contribution in [3.8, 4) is 5.75 Å². The molecule has 2 aromatic rings. The lowest BCUT2D eigenvalue weighted by Gasteiger charge is -2.23. The van der Waals surface area contributed by atoms with E-state index in [1.165, 1.54) is 11.2 Å². The quantitative estimate of drug-likeness (QED) is 0.262. The number of furan rings is 1. The molecular formula is C23H26ClNO6. The van der Waals surface area contributed by atoms with E-state index in [1.807, 2.05) is 20.8 Å². The van der Waals surface area contributed by atoms with Crippen LogP contribution in [0.1, 0.15) is 44.6 Å². The Balaban J connectivity index is 2.02. The molecular weight excluding hydrogens is 422 g/mol. The van der Waals surface area contributed by atoms with Crippen molar-refractivity contribution in [3.63, 3.8) is 0 Å². The van der Waals surface area contributed by atoms with Gasteiger partial charge in [-0.25, -0.2) is 0 Å². The lowest BCUT2D eigenvalue weighted by Crippen LogP contribution is -2.31. The van der Waals surface area contributed by atoms with Gasteiger partial charge in [-0.1, -0.05) is 11.6 Å². The lowest BCUT2D eigenvalue weighted by atomic mass is 9.99. The summed E-state index contributed by atoms with van der Waals surface area (Å²) in [5, 5.41) is 11.3. The number of likely N-dealkylation sites (tertiary alicyclic amines) is 1. The van der Waals surface area contributed by atoms with Crippen molar-refractivity contribution in [1.82, 2.24) is 4.90 Å². The summed E-state index contributed by atoms with van der Waals surface area (Å²) >= 11 is 6.30. The molecule has 1 aromatic heterocycles. The van der Waals surface area contributed by atoms with E-state index >= 15 is 0 Å². The van der Waals surface area contributed by atoms with Crippen LogP contribution >= 0.6 is 11.6 Å². The van der Waals surface area contributed by atoms with Crippen LogP contribution in [-0.4, -0.2) is 47.6 Å². The highest BCUT2D eigenvalue weighted by Gasteiger charge is 2.47. The van der Waals surface area contributed by atoms with Gasteiger partial charge in [0.2, 0.25) is 0 Å². The van der Waals surface area contributed by atoms with Crippen molar-refractivity contribution < 1.29 is 28.6 Å². The number of amides is 1. The fourth-order valence-corrected chi connectivity index (χ4v) is 3.70. The standard InChI is InChI=1S/C23H26ClNO6/c1-4-29-15-8-9-17(24)16(13-15)21(26)19-20(18-7-5-11-31-18)25(23(28)22(19)27)10-6-12-30-14(2)3/h5,7-9,11,13-14,20,26H,4,6,10,12H2,1-3H3/b21-19-. The third-order valence-electron chi connectivity index (χ3n) is 4.85. The summed E-state index contributed by atoms with van der Waals surface area (Å²) in [6.45, 7) is 6.82. The third kappa shape index (κ3) is 4.94. The number of halogens is 1. The van der Waals surface area contributed by atoms with Crippen LogP contribution in [0.4, 0.5) is 0 Å². The summed E-state index contributed by atoms with van der Waals surface area (Å²) in [4.78, 5) is 27.2. The number of carbonyl (C=O) groups excluding carboxylic acids is 2. The Hall–Kier alpha value is -2.77. The number of aliphatic hydroxyl groups is 1. The molecule has 31 heavy (non-hydrogen) atoms. The number of carbonyl (C=O) groups is 2. The molecule has 1 fully saturated rings. The minimum absolute atomic E-state index is 0.0658. The number of ether oxygens (including phenoxy) is 2. The summed E-state index contributed by atoms with van der Waals surface area (Å²) in [5.41, 5.74) is 0.144. The highest BCUT2D eigenvalue weighted by atomic mass is 35.5. The van der Waals surface area contributed by atoms with Crippen molar-refractivity contribution >= 4 is 29.1 Å². The van der Waals surface area contributed by atoms with Crippen LogP contribution in [0.15, 0.2) is 46.6 Å². The molecule has 0 saturated carbocycles. The van der Waals surface area contributed by atoms with Gasteiger partial charge in [-0.05, 0) is 57.5 Å². The van der Waals surface area contributed by atoms with Gasteiger partial charge in [0.25, 0.3) is 11.7 Å². The highest BCUT2D eigenvalue weighted by molar-refractivity contribution is 6.46. The van der Waals surface area contributed by atoms with Crippen molar-refractivity contribution in [2.75, 3.05) is 19.8 Å². The highest BCUT2D eigenvalue weighted by Crippen LogP contribution is 2.41. The predicted molar refractivity (Wildman–Crippen MR) is 116 cm³/mol. The molecule has 1 saturated heterocycles. The van der Waals surface area contributed by atoms with Crippen molar-refractivity contribution in [2.24, 2.45) is 0 Å². The van der Waals surface area contributed by atoms with E-state index in [-0.39, 0.29) is 34.6 Å². The molecule has 1 unspecified atom stereocenters. The zero-order valence-electron chi connectivity index (χ0n) is 17.8. The summed E-state index contributed by atoms with van der Waals surface area (Å²) in [5.74, 6) is -0.996. The summed E-state index contributed by atoms with van der Waals surface area (Å²) in [6.07, 6.45) is 2.05. The van der Waals surface area contributed by atoms with Gasteiger partial charge >= 0.3 is 0 Å². The first-order valence-corrected chi connectivity index (χ1v) is 10.6. The minimum Gasteiger partial charge on any atom is -0.507 e. The molecule has 3 rings (SSSR count). The van der Waals surface area contributed by atoms with Crippen LogP contribution in [0.25, 0.3) is 5.76 Å².